The Hall–Kier alpha value is -1.48. The Kier molecular flexibility index (Phi) is 9.75. The van der Waals surface area contributed by atoms with Crippen LogP contribution in [0.5, 0.6) is 5.75 Å². The number of piperazine rings is 1. The van der Waals surface area contributed by atoms with Crippen molar-refractivity contribution in [2.45, 2.75) is 12.8 Å². The number of para-hydroxylation sites is 1. The van der Waals surface area contributed by atoms with Crippen molar-refractivity contribution in [1.82, 2.24) is 10.2 Å². The number of aliphatic imine (C=N–C) groups is 1. The summed E-state index contributed by atoms with van der Waals surface area (Å²) >= 11 is 1.81. The molecule has 0 unspecified atom stereocenters. The monoisotopic (exact) mass is 500 g/mol. The number of hydrogen-bond acceptors (Lipinski definition) is 4. The maximum atomic E-state index is 5.73. The zero-order valence-corrected chi connectivity index (χ0v) is 19.0. The maximum absolute atomic E-state index is 5.73. The van der Waals surface area contributed by atoms with Crippen LogP contribution >= 0.6 is 35.3 Å². The summed E-state index contributed by atoms with van der Waals surface area (Å²) in [6, 6.07) is 14.3. The maximum Gasteiger partial charge on any atom is 0.193 e. The van der Waals surface area contributed by atoms with Gasteiger partial charge in [-0.25, -0.2) is 0 Å². The van der Waals surface area contributed by atoms with Crippen LogP contribution in [-0.4, -0.2) is 57.2 Å². The number of thiophene rings is 1. The predicted octanol–water partition coefficient (Wildman–Crippen LogP) is 3.92. The predicted molar refractivity (Wildman–Crippen MR) is 126 cm³/mol. The normalized spacial score (nSPS) is 14.6. The molecule has 1 N–H and O–H groups in total. The van der Waals surface area contributed by atoms with Crippen LogP contribution in [0.15, 0.2) is 52.8 Å². The van der Waals surface area contributed by atoms with Gasteiger partial charge in [-0.1, -0.05) is 18.2 Å². The summed E-state index contributed by atoms with van der Waals surface area (Å²) in [6.45, 7) is 5.79. The molecular weight excluding hydrogens is 471 g/mol. The Morgan fingerprint density at radius 3 is 2.52 bits per heavy atom. The van der Waals surface area contributed by atoms with Crippen molar-refractivity contribution in [2.24, 2.45) is 4.99 Å². The molecule has 0 saturated carbocycles. The van der Waals surface area contributed by atoms with Gasteiger partial charge in [0.15, 0.2) is 5.96 Å². The summed E-state index contributed by atoms with van der Waals surface area (Å²) in [6.07, 6.45) is 2.10. The van der Waals surface area contributed by atoms with E-state index in [0.29, 0.717) is 0 Å². The third kappa shape index (κ3) is 6.88. The van der Waals surface area contributed by atoms with Gasteiger partial charge in [-0.05, 0) is 42.5 Å². The van der Waals surface area contributed by atoms with Gasteiger partial charge in [-0.15, -0.1) is 35.3 Å². The fourth-order valence-corrected chi connectivity index (χ4v) is 3.84. The van der Waals surface area contributed by atoms with Crippen molar-refractivity contribution in [3.63, 3.8) is 0 Å². The first kappa shape index (κ1) is 21.8. The summed E-state index contributed by atoms with van der Waals surface area (Å²) in [4.78, 5) is 9.25. The first-order valence-corrected chi connectivity index (χ1v) is 10.2. The first-order valence-electron chi connectivity index (χ1n) is 9.29. The highest BCUT2D eigenvalue weighted by Crippen LogP contribution is 2.22. The highest BCUT2D eigenvalue weighted by Gasteiger charge is 2.19. The number of hydrogen-bond donors (Lipinski definition) is 1. The molecule has 0 radical (unpaired) electrons. The molecule has 1 aromatic carbocycles. The van der Waals surface area contributed by atoms with E-state index in [2.05, 4.69) is 37.6 Å². The van der Waals surface area contributed by atoms with Gasteiger partial charge in [0.25, 0.3) is 0 Å². The lowest BCUT2D eigenvalue weighted by atomic mass is 10.3. The van der Waals surface area contributed by atoms with Crippen molar-refractivity contribution in [3.8, 4) is 5.75 Å². The lowest BCUT2D eigenvalue weighted by Gasteiger charge is -2.37. The van der Waals surface area contributed by atoms with E-state index in [1.165, 1.54) is 5.00 Å². The summed E-state index contributed by atoms with van der Waals surface area (Å²) < 4.78 is 5.73. The molecule has 27 heavy (non-hydrogen) atoms. The van der Waals surface area contributed by atoms with Crippen LogP contribution in [0.1, 0.15) is 12.8 Å². The molecule has 2 heterocycles. The Labute approximate surface area is 183 Å². The molecule has 1 fully saturated rings. The van der Waals surface area contributed by atoms with Crippen LogP contribution in [0, 0.1) is 0 Å². The van der Waals surface area contributed by atoms with Crippen LogP contribution < -0.4 is 15.0 Å². The van der Waals surface area contributed by atoms with Gasteiger partial charge in [0.1, 0.15) is 5.75 Å². The zero-order valence-electron chi connectivity index (χ0n) is 15.8. The number of anilines is 1. The quantitative estimate of drug-likeness (QED) is 0.271. The minimum atomic E-state index is 0. The average molecular weight is 500 g/mol. The molecule has 0 aliphatic carbocycles. The molecule has 0 spiro atoms. The van der Waals surface area contributed by atoms with E-state index >= 15 is 0 Å². The Morgan fingerprint density at radius 1 is 1.07 bits per heavy atom. The summed E-state index contributed by atoms with van der Waals surface area (Å²) in [7, 11) is 1.87. The van der Waals surface area contributed by atoms with E-state index in [1.807, 2.05) is 48.7 Å². The molecule has 2 aromatic rings. The number of ether oxygens (including phenoxy) is 1. The van der Waals surface area contributed by atoms with Crippen LogP contribution in [-0.2, 0) is 0 Å². The van der Waals surface area contributed by atoms with Crippen LogP contribution in [0.25, 0.3) is 0 Å². The van der Waals surface area contributed by atoms with Crippen molar-refractivity contribution in [3.05, 3.63) is 47.8 Å². The SMILES string of the molecule is CN=C(NCCCCOc1ccccc1)N1CCN(c2cccs2)CC1.I. The standard InChI is InChI=1S/C20H28N4OS.HI/c1-21-20(22-11-5-6-16-25-18-8-3-2-4-9-18)24-14-12-23(13-15-24)19-10-7-17-26-19;/h2-4,7-10,17H,5-6,11-16H2,1H3,(H,21,22);1H. The number of unbranched alkanes of at least 4 members (excludes halogenated alkanes) is 1. The van der Waals surface area contributed by atoms with Crippen molar-refractivity contribution >= 4 is 46.3 Å². The highest BCUT2D eigenvalue weighted by atomic mass is 127. The molecular formula is C20H29IN4OS. The van der Waals surface area contributed by atoms with Crippen molar-refractivity contribution in [1.29, 1.82) is 0 Å². The van der Waals surface area contributed by atoms with Gasteiger partial charge < -0.3 is 19.9 Å². The van der Waals surface area contributed by atoms with Gasteiger partial charge in [0.2, 0.25) is 0 Å². The van der Waals surface area contributed by atoms with E-state index in [-0.39, 0.29) is 24.0 Å². The second-order valence-electron chi connectivity index (χ2n) is 6.27. The van der Waals surface area contributed by atoms with E-state index in [9.17, 15) is 0 Å². The number of rotatable bonds is 7. The molecule has 5 nitrogen and oxygen atoms in total. The molecule has 148 valence electrons. The van der Waals surface area contributed by atoms with E-state index < -0.39 is 0 Å². The zero-order chi connectivity index (χ0) is 18.0. The topological polar surface area (TPSA) is 40.1 Å². The molecule has 0 amide bonds. The smallest absolute Gasteiger partial charge is 0.193 e. The molecule has 0 atom stereocenters. The molecule has 0 bridgehead atoms. The number of guanidine groups is 1. The molecule has 3 rings (SSSR count). The first-order chi connectivity index (χ1) is 12.9. The van der Waals surface area contributed by atoms with Gasteiger partial charge in [0.05, 0.1) is 11.6 Å². The molecule has 1 aromatic heterocycles. The van der Waals surface area contributed by atoms with Gasteiger partial charge >= 0.3 is 0 Å². The molecule has 1 saturated heterocycles. The Bertz CT molecular complexity index is 658. The number of halogens is 1. The molecule has 7 heteroatoms. The van der Waals surface area contributed by atoms with Gasteiger partial charge in [0, 0.05) is 39.8 Å². The third-order valence-corrected chi connectivity index (χ3v) is 5.40. The summed E-state index contributed by atoms with van der Waals surface area (Å²) in [5.41, 5.74) is 0. The van der Waals surface area contributed by atoms with Gasteiger partial charge in [-0.3, -0.25) is 4.99 Å². The van der Waals surface area contributed by atoms with E-state index in [4.69, 9.17) is 4.74 Å². The van der Waals surface area contributed by atoms with Gasteiger partial charge in [-0.2, -0.15) is 0 Å². The van der Waals surface area contributed by atoms with Crippen LogP contribution in [0.3, 0.4) is 0 Å². The van der Waals surface area contributed by atoms with Crippen LogP contribution in [0.2, 0.25) is 0 Å². The number of benzene rings is 1. The average Bonchev–Trinajstić information content (AvgIpc) is 3.23. The third-order valence-electron chi connectivity index (χ3n) is 4.48. The largest absolute Gasteiger partial charge is 0.494 e. The summed E-state index contributed by atoms with van der Waals surface area (Å²) in [5, 5.41) is 7.00. The minimum absolute atomic E-state index is 0. The van der Waals surface area contributed by atoms with E-state index in [1.54, 1.807) is 0 Å². The fraction of sp³-hybridized carbons (Fsp3) is 0.450. The fourth-order valence-electron chi connectivity index (χ4n) is 3.05. The summed E-state index contributed by atoms with van der Waals surface area (Å²) in [5.74, 6) is 1.96. The molecule has 1 aliphatic rings. The number of nitrogens with zero attached hydrogens (tertiary/aromatic N) is 3. The Balaban J connectivity index is 0.00000261. The van der Waals surface area contributed by atoms with Crippen LogP contribution in [0.4, 0.5) is 5.00 Å². The second-order valence-corrected chi connectivity index (χ2v) is 7.19. The van der Waals surface area contributed by atoms with Crippen molar-refractivity contribution in [2.75, 3.05) is 51.3 Å². The Morgan fingerprint density at radius 2 is 1.85 bits per heavy atom. The second kappa shape index (κ2) is 12.1. The highest BCUT2D eigenvalue weighted by molar-refractivity contribution is 14.0. The lowest BCUT2D eigenvalue weighted by molar-refractivity contribution is 0.306. The molecule has 1 aliphatic heterocycles. The lowest BCUT2D eigenvalue weighted by Crippen LogP contribution is -2.52. The van der Waals surface area contributed by atoms with Crippen molar-refractivity contribution < 1.29 is 4.74 Å². The number of nitrogens with one attached hydrogen (secondary N) is 1. The van der Waals surface area contributed by atoms with E-state index in [0.717, 1.165) is 63.9 Å². The minimum Gasteiger partial charge on any atom is -0.494 e.